The van der Waals surface area contributed by atoms with Crippen molar-refractivity contribution in [2.24, 2.45) is 17.1 Å². The Morgan fingerprint density at radius 3 is 2.46 bits per heavy atom. The molecule has 0 unspecified atom stereocenters. The van der Waals surface area contributed by atoms with Crippen LogP contribution in [0.1, 0.15) is 25.7 Å². The van der Waals surface area contributed by atoms with E-state index in [2.05, 4.69) is 5.32 Å². The van der Waals surface area contributed by atoms with Crippen LogP contribution in [-0.4, -0.2) is 25.4 Å². The first-order valence-corrected chi connectivity index (χ1v) is 5.19. The topological polar surface area (TPSA) is 55.1 Å². The zero-order chi connectivity index (χ0) is 9.31. The van der Waals surface area contributed by atoms with Crippen LogP contribution in [-0.2, 0) is 4.79 Å². The molecule has 2 fully saturated rings. The quantitative estimate of drug-likeness (QED) is 0.645. The molecule has 3 nitrogen and oxygen atoms in total. The Morgan fingerprint density at radius 1 is 1.38 bits per heavy atom. The number of ketones is 1. The highest BCUT2D eigenvalue weighted by Crippen LogP contribution is 2.47. The van der Waals surface area contributed by atoms with Gasteiger partial charge < -0.3 is 11.1 Å². The van der Waals surface area contributed by atoms with Crippen LogP contribution in [0.3, 0.4) is 0 Å². The lowest BCUT2D eigenvalue weighted by Crippen LogP contribution is -2.51. The molecule has 2 rings (SSSR count). The van der Waals surface area contributed by atoms with Crippen molar-refractivity contribution >= 4 is 5.78 Å². The fraction of sp³-hybridized carbons (Fsp3) is 0.900. The Morgan fingerprint density at radius 2 is 2.00 bits per heavy atom. The smallest absolute Gasteiger partial charge is 0.134 e. The fourth-order valence-corrected chi connectivity index (χ4v) is 2.77. The maximum Gasteiger partial charge on any atom is 0.134 e. The van der Waals surface area contributed by atoms with Crippen molar-refractivity contribution in [1.82, 2.24) is 5.32 Å². The highest BCUT2D eigenvalue weighted by atomic mass is 16.1. The van der Waals surface area contributed by atoms with E-state index in [1.807, 2.05) is 0 Å². The van der Waals surface area contributed by atoms with E-state index in [9.17, 15) is 4.79 Å². The number of nitrogens with two attached hydrogens (primary N) is 1. The van der Waals surface area contributed by atoms with Gasteiger partial charge in [0.15, 0.2) is 0 Å². The highest BCUT2D eigenvalue weighted by Gasteiger charge is 2.47. The number of carbonyl (C=O) groups is 1. The molecule has 1 aliphatic heterocycles. The molecule has 1 saturated heterocycles. The monoisotopic (exact) mass is 182 g/mol. The van der Waals surface area contributed by atoms with Crippen LogP contribution in [0.15, 0.2) is 0 Å². The first kappa shape index (κ1) is 9.16. The number of rotatable bonds is 2. The van der Waals surface area contributed by atoms with Crippen molar-refractivity contribution in [1.29, 1.82) is 0 Å². The van der Waals surface area contributed by atoms with Gasteiger partial charge in [-0.2, -0.15) is 0 Å². The average molecular weight is 182 g/mol. The zero-order valence-corrected chi connectivity index (χ0v) is 8.01. The van der Waals surface area contributed by atoms with Crippen molar-refractivity contribution in [2.45, 2.75) is 25.7 Å². The third-order valence-electron chi connectivity index (χ3n) is 3.71. The van der Waals surface area contributed by atoms with Gasteiger partial charge in [0, 0.05) is 12.8 Å². The van der Waals surface area contributed by atoms with E-state index in [4.69, 9.17) is 5.73 Å². The van der Waals surface area contributed by atoms with E-state index in [-0.39, 0.29) is 5.41 Å². The molecular formula is C10H18N2O. The van der Waals surface area contributed by atoms with Crippen molar-refractivity contribution in [3.05, 3.63) is 0 Å². The maximum absolute atomic E-state index is 11.0. The molecule has 74 valence electrons. The zero-order valence-electron chi connectivity index (χ0n) is 8.01. The molecule has 1 saturated carbocycles. The van der Waals surface area contributed by atoms with Crippen molar-refractivity contribution in [2.75, 3.05) is 19.6 Å². The summed E-state index contributed by atoms with van der Waals surface area (Å²) >= 11 is 0. The Balaban J connectivity index is 1.99. The molecule has 2 aliphatic rings. The van der Waals surface area contributed by atoms with Crippen LogP contribution in [0.4, 0.5) is 0 Å². The Labute approximate surface area is 79.1 Å². The molecule has 3 heteroatoms. The van der Waals surface area contributed by atoms with Gasteiger partial charge in [-0.1, -0.05) is 0 Å². The van der Waals surface area contributed by atoms with E-state index < -0.39 is 0 Å². The molecule has 13 heavy (non-hydrogen) atoms. The summed E-state index contributed by atoms with van der Waals surface area (Å²) in [5, 5.41) is 3.34. The van der Waals surface area contributed by atoms with Gasteiger partial charge in [0.25, 0.3) is 0 Å². The molecule has 0 aromatic carbocycles. The van der Waals surface area contributed by atoms with Crippen LogP contribution >= 0.6 is 0 Å². The van der Waals surface area contributed by atoms with Crippen LogP contribution in [0.2, 0.25) is 0 Å². The summed E-state index contributed by atoms with van der Waals surface area (Å²) in [5.74, 6) is 1.10. The summed E-state index contributed by atoms with van der Waals surface area (Å²) in [4.78, 5) is 11.0. The van der Waals surface area contributed by atoms with Crippen LogP contribution < -0.4 is 11.1 Å². The van der Waals surface area contributed by atoms with Crippen molar-refractivity contribution in [3.63, 3.8) is 0 Å². The lowest BCUT2D eigenvalue weighted by atomic mass is 9.58. The van der Waals surface area contributed by atoms with Gasteiger partial charge in [0.05, 0.1) is 0 Å². The third kappa shape index (κ3) is 1.51. The predicted octanol–water partition coefficient (Wildman–Crippen LogP) is 0.294. The van der Waals surface area contributed by atoms with Gasteiger partial charge >= 0.3 is 0 Å². The normalized spacial score (nSPS) is 28.5. The summed E-state index contributed by atoms with van der Waals surface area (Å²) in [7, 11) is 0. The second kappa shape index (κ2) is 3.39. The molecule has 0 bridgehead atoms. The van der Waals surface area contributed by atoms with Crippen LogP contribution in [0.5, 0.6) is 0 Å². The average Bonchev–Trinajstić information content (AvgIpc) is 2.14. The second-order valence-corrected chi connectivity index (χ2v) is 4.48. The standard InChI is InChI=1S/C10H18N2O/c11-7-10(5-9(13)6-10)8-1-3-12-4-2-8/h8,12H,1-7,11H2. The van der Waals surface area contributed by atoms with E-state index >= 15 is 0 Å². The third-order valence-corrected chi connectivity index (χ3v) is 3.71. The number of hydrogen-bond donors (Lipinski definition) is 2. The van der Waals surface area contributed by atoms with Gasteiger partial charge in [0.2, 0.25) is 0 Å². The van der Waals surface area contributed by atoms with E-state index in [0.29, 0.717) is 18.2 Å². The molecule has 0 atom stereocenters. The summed E-state index contributed by atoms with van der Waals surface area (Å²) in [6.45, 7) is 2.89. The Bertz CT molecular complexity index is 201. The molecular weight excluding hydrogens is 164 g/mol. The second-order valence-electron chi connectivity index (χ2n) is 4.48. The minimum absolute atomic E-state index is 0.194. The minimum Gasteiger partial charge on any atom is -0.330 e. The maximum atomic E-state index is 11.0. The van der Waals surface area contributed by atoms with Crippen molar-refractivity contribution in [3.8, 4) is 0 Å². The van der Waals surface area contributed by atoms with Gasteiger partial charge in [-0.15, -0.1) is 0 Å². The SMILES string of the molecule is NCC1(C2CCNCC2)CC(=O)C1. The van der Waals surface area contributed by atoms with Crippen molar-refractivity contribution < 1.29 is 4.79 Å². The van der Waals surface area contributed by atoms with Gasteiger partial charge in [0.1, 0.15) is 5.78 Å². The summed E-state index contributed by atoms with van der Waals surface area (Å²) in [5.41, 5.74) is 5.98. The summed E-state index contributed by atoms with van der Waals surface area (Å²) < 4.78 is 0. The first-order chi connectivity index (χ1) is 6.27. The number of piperidine rings is 1. The first-order valence-electron chi connectivity index (χ1n) is 5.19. The summed E-state index contributed by atoms with van der Waals surface area (Å²) in [6, 6.07) is 0. The lowest BCUT2D eigenvalue weighted by Gasteiger charge is -2.47. The van der Waals surface area contributed by atoms with Gasteiger partial charge in [-0.05, 0) is 43.8 Å². The Kier molecular flexibility index (Phi) is 2.39. The lowest BCUT2D eigenvalue weighted by molar-refractivity contribution is -0.136. The molecule has 0 spiro atoms. The van der Waals surface area contributed by atoms with Gasteiger partial charge in [-0.3, -0.25) is 4.79 Å². The molecule has 0 aromatic rings. The largest absolute Gasteiger partial charge is 0.330 e. The number of Topliss-reactive ketones (excluding diaryl/α,β-unsaturated/α-hetero) is 1. The molecule has 0 amide bonds. The Hall–Kier alpha value is -0.410. The number of carbonyl (C=O) groups excluding carboxylic acids is 1. The molecule has 0 radical (unpaired) electrons. The van der Waals surface area contributed by atoms with Crippen LogP contribution in [0, 0.1) is 11.3 Å². The van der Waals surface area contributed by atoms with E-state index in [0.717, 1.165) is 25.9 Å². The molecule has 3 N–H and O–H groups in total. The van der Waals surface area contributed by atoms with E-state index in [1.54, 1.807) is 0 Å². The fourth-order valence-electron chi connectivity index (χ4n) is 2.77. The van der Waals surface area contributed by atoms with Crippen LogP contribution in [0.25, 0.3) is 0 Å². The summed E-state index contributed by atoms with van der Waals surface area (Å²) in [6.07, 6.45) is 3.89. The van der Waals surface area contributed by atoms with Gasteiger partial charge in [-0.25, -0.2) is 0 Å². The number of hydrogen-bond acceptors (Lipinski definition) is 3. The minimum atomic E-state index is 0.194. The molecule has 0 aromatic heterocycles. The highest BCUT2D eigenvalue weighted by molar-refractivity contribution is 5.86. The number of nitrogens with one attached hydrogen (secondary N) is 1. The van der Waals surface area contributed by atoms with E-state index in [1.165, 1.54) is 12.8 Å². The predicted molar refractivity (Wildman–Crippen MR) is 51.3 cm³/mol. The molecule has 1 heterocycles. The molecule has 1 aliphatic carbocycles.